The van der Waals surface area contributed by atoms with Crippen LogP contribution in [0.5, 0.6) is 11.5 Å². The molecule has 0 radical (unpaired) electrons. The van der Waals surface area contributed by atoms with Gasteiger partial charge in [0.2, 0.25) is 0 Å². The standard InChI is InChI=1S/C18H21NO3.C6H8O2/c1-17-14(21)6-4-11-12-9-10-3-5-13(20)16(22-17)15(10)18(11,17)7-8-19(12)2;1-2-3-4-5-6(7)8/h3,5,11-12,20H,4,6-9H2,1-2H3;2-5H,1H3,(H,7,8)/t11-,12+,17-,18-;/m0./s1. The van der Waals surface area contributed by atoms with E-state index in [4.69, 9.17) is 9.84 Å². The molecule has 160 valence electrons. The van der Waals surface area contributed by atoms with Crippen LogP contribution < -0.4 is 4.74 Å². The number of likely N-dealkylation sites (N-methyl/N-ethyl adjacent to an activating group) is 1. The number of hydrogen-bond donors (Lipinski definition) is 2. The van der Waals surface area contributed by atoms with Crippen LogP contribution in [-0.2, 0) is 21.4 Å². The molecule has 1 saturated heterocycles. The normalized spacial score (nSPS) is 33.8. The summed E-state index contributed by atoms with van der Waals surface area (Å²) in [5.74, 6) is 0.513. The maximum atomic E-state index is 12.8. The highest BCUT2D eigenvalue weighted by molar-refractivity contribution is 5.93. The molecular weight excluding hydrogens is 382 g/mol. The number of carboxylic acid groups (broad SMARTS) is 1. The first-order valence-corrected chi connectivity index (χ1v) is 10.6. The summed E-state index contributed by atoms with van der Waals surface area (Å²) in [4.78, 5) is 25.0. The lowest BCUT2D eigenvalue weighted by atomic mass is 9.47. The Morgan fingerprint density at radius 2 is 2.10 bits per heavy atom. The van der Waals surface area contributed by atoms with E-state index < -0.39 is 11.6 Å². The predicted octanol–water partition coefficient (Wildman–Crippen LogP) is 3.22. The largest absolute Gasteiger partial charge is 0.504 e. The number of benzene rings is 1. The van der Waals surface area contributed by atoms with Crippen molar-refractivity contribution in [2.45, 2.75) is 56.6 Å². The fourth-order valence-electron chi connectivity index (χ4n) is 6.19. The van der Waals surface area contributed by atoms with Gasteiger partial charge in [-0.2, -0.15) is 0 Å². The van der Waals surface area contributed by atoms with Gasteiger partial charge in [-0.3, -0.25) is 4.79 Å². The number of ketones is 1. The highest BCUT2D eigenvalue weighted by Crippen LogP contribution is 2.66. The summed E-state index contributed by atoms with van der Waals surface area (Å²) >= 11 is 0. The minimum atomic E-state index is -0.914. The number of allylic oxidation sites excluding steroid dienone is 3. The van der Waals surface area contributed by atoms with Crippen LogP contribution in [0.2, 0.25) is 0 Å². The molecular formula is C24H29NO5. The van der Waals surface area contributed by atoms with Crippen molar-refractivity contribution in [2.75, 3.05) is 13.6 Å². The fourth-order valence-corrected chi connectivity index (χ4v) is 6.19. The third-order valence-corrected chi connectivity index (χ3v) is 7.54. The molecule has 0 unspecified atom stereocenters. The summed E-state index contributed by atoms with van der Waals surface area (Å²) < 4.78 is 6.23. The molecule has 6 heteroatoms. The summed E-state index contributed by atoms with van der Waals surface area (Å²) in [6, 6.07) is 4.24. The van der Waals surface area contributed by atoms with E-state index in [9.17, 15) is 14.7 Å². The minimum absolute atomic E-state index is 0.188. The number of hydrogen-bond acceptors (Lipinski definition) is 5. The molecule has 6 nitrogen and oxygen atoms in total. The van der Waals surface area contributed by atoms with Crippen molar-refractivity contribution in [3.05, 3.63) is 47.6 Å². The number of piperidine rings is 1. The van der Waals surface area contributed by atoms with Crippen LogP contribution in [0, 0.1) is 5.92 Å². The molecule has 1 spiro atoms. The Morgan fingerprint density at radius 1 is 1.33 bits per heavy atom. The van der Waals surface area contributed by atoms with Gasteiger partial charge in [-0.1, -0.05) is 24.3 Å². The molecule has 1 aromatic carbocycles. The molecule has 2 fully saturated rings. The molecule has 1 saturated carbocycles. The molecule has 1 aromatic rings. The number of rotatable bonds is 2. The Hall–Kier alpha value is -2.60. The van der Waals surface area contributed by atoms with Crippen LogP contribution in [0.15, 0.2) is 36.4 Å². The summed E-state index contributed by atoms with van der Waals surface area (Å²) in [7, 11) is 2.20. The first-order valence-electron chi connectivity index (χ1n) is 10.6. The number of nitrogens with zero attached hydrogens (tertiary/aromatic N) is 1. The van der Waals surface area contributed by atoms with E-state index in [1.807, 2.05) is 19.9 Å². The second-order valence-corrected chi connectivity index (χ2v) is 8.85. The number of carbonyl (C=O) groups is 2. The predicted molar refractivity (Wildman–Crippen MR) is 113 cm³/mol. The van der Waals surface area contributed by atoms with Crippen molar-refractivity contribution < 1.29 is 24.5 Å². The van der Waals surface area contributed by atoms with Crippen LogP contribution in [0.3, 0.4) is 0 Å². The first-order chi connectivity index (χ1) is 14.3. The van der Waals surface area contributed by atoms with E-state index >= 15 is 0 Å². The number of ether oxygens (including phenoxy) is 1. The van der Waals surface area contributed by atoms with Crippen LogP contribution in [-0.4, -0.2) is 52.1 Å². The zero-order valence-corrected chi connectivity index (χ0v) is 17.7. The van der Waals surface area contributed by atoms with Crippen molar-refractivity contribution in [1.29, 1.82) is 0 Å². The first kappa shape index (κ1) is 20.7. The van der Waals surface area contributed by atoms with Crippen molar-refractivity contribution in [3.8, 4) is 11.5 Å². The topological polar surface area (TPSA) is 87.1 Å². The number of phenolic OH excluding ortho intramolecular Hbond substituents is 1. The molecule has 2 N–H and O–H groups in total. The van der Waals surface area contributed by atoms with Crippen LogP contribution >= 0.6 is 0 Å². The Balaban J connectivity index is 0.000000235. The van der Waals surface area contributed by atoms with Gasteiger partial charge in [0.15, 0.2) is 22.9 Å². The van der Waals surface area contributed by atoms with Gasteiger partial charge < -0.3 is 19.8 Å². The van der Waals surface area contributed by atoms with Gasteiger partial charge in [0.05, 0.1) is 5.41 Å². The average molecular weight is 411 g/mol. The van der Waals surface area contributed by atoms with E-state index in [1.165, 1.54) is 11.6 Å². The number of carbonyl (C=O) groups excluding carboxylic acids is 1. The zero-order chi connectivity index (χ0) is 21.7. The number of carboxylic acids is 1. The van der Waals surface area contributed by atoms with Crippen molar-refractivity contribution >= 4 is 11.8 Å². The second-order valence-electron chi connectivity index (χ2n) is 8.85. The average Bonchev–Trinajstić information content (AvgIpc) is 2.99. The van der Waals surface area contributed by atoms with E-state index in [-0.39, 0.29) is 16.9 Å². The lowest BCUT2D eigenvalue weighted by Crippen LogP contribution is -2.70. The Bertz CT molecular complexity index is 951. The molecule has 4 atom stereocenters. The lowest BCUT2D eigenvalue weighted by molar-refractivity contribution is -0.153. The SMILES string of the molecule is CC=CC=CC(=O)O.CN1CC[C@]23c4c5ccc(O)c4O[C@@]2(C)C(=O)CC[C@H]3[C@H]1C5. The Kier molecular flexibility index (Phi) is 5.01. The number of Topliss-reactive ketones (excluding diaryl/α,β-unsaturated/α-hetero) is 1. The van der Waals surface area contributed by atoms with Gasteiger partial charge in [0.1, 0.15) is 0 Å². The molecule has 2 aliphatic carbocycles. The fraction of sp³-hybridized carbons (Fsp3) is 0.500. The molecule has 30 heavy (non-hydrogen) atoms. The van der Waals surface area contributed by atoms with E-state index in [1.54, 1.807) is 18.2 Å². The molecule has 2 bridgehead atoms. The molecule has 5 rings (SSSR count). The smallest absolute Gasteiger partial charge is 0.328 e. The van der Waals surface area contributed by atoms with E-state index in [0.717, 1.165) is 37.4 Å². The molecule has 0 aromatic heterocycles. The summed E-state index contributed by atoms with van der Waals surface area (Å²) in [6.45, 7) is 4.78. The number of likely N-dealkylation sites (tertiary alicyclic amines) is 1. The quantitative estimate of drug-likeness (QED) is 0.574. The van der Waals surface area contributed by atoms with Gasteiger partial charge in [0.25, 0.3) is 0 Å². The summed E-state index contributed by atoms with van der Waals surface area (Å²) in [5.41, 5.74) is 1.38. The van der Waals surface area contributed by atoms with Gasteiger partial charge in [-0.05, 0) is 64.3 Å². The monoisotopic (exact) mass is 411 g/mol. The maximum absolute atomic E-state index is 12.8. The number of phenols is 1. The highest BCUT2D eigenvalue weighted by Gasteiger charge is 2.71. The van der Waals surface area contributed by atoms with Gasteiger partial charge in [-0.25, -0.2) is 4.79 Å². The highest BCUT2D eigenvalue weighted by atomic mass is 16.5. The maximum Gasteiger partial charge on any atom is 0.328 e. The Morgan fingerprint density at radius 3 is 2.80 bits per heavy atom. The van der Waals surface area contributed by atoms with E-state index in [2.05, 4.69) is 11.9 Å². The number of aliphatic carboxylic acids is 1. The van der Waals surface area contributed by atoms with Crippen LogP contribution in [0.4, 0.5) is 0 Å². The summed E-state index contributed by atoms with van der Waals surface area (Å²) in [6.07, 6.45) is 9.46. The molecule has 4 aliphatic rings. The lowest BCUT2D eigenvalue weighted by Gasteiger charge is -2.60. The third-order valence-electron chi connectivity index (χ3n) is 7.54. The van der Waals surface area contributed by atoms with Crippen molar-refractivity contribution in [2.24, 2.45) is 5.92 Å². The van der Waals surface area contributed by atoms with E-state index in [0.29, 0.717) is 24.1 Å². The molecule has 0 amide bonds. The Labute approximate surface area is 176 Å². The van der Waals surface area contributed by atoms with Crippen molar-refractivity contribution in [3.63, 3.8) is 0 Å². The molecule has 2 aliphatic heterocycles. The van der Waals surface area contributed by atoms with Crippen LogP contribution in [0.1, 0.15) is 44.2 Å². The van der Waals surface area contributed by atoms with Gasteiger partial charge in [-0.15, -0.1) is 0 Å². The van der Waals surface area contributed by atoms with Gasteiger partial charge >= 0.3 is 5.97 Å². The second kappa shape index (κ2) is 7.27. The third kappa shape index (κ3) is 2.73. The zero-order valence-electron chi connectivity index (χ0n) is 17.7. The van der Waals surface area contributed by atoms with Crippen LogP contribution in [0.25, 0.3) is 0 Å². The molecule has 2 heterocycles. The van der Waals surface area contributed by atoms with Gasteiger partial charge in [0, 0.05) is 24.1 Å². The van der Waals surface area contributed by atoms with Crippen molar-refractivity contribution in [1.82, 2.24) is 4.90 Å². The number of aromatic hydroxyl groups is 1. The summed E-state index contributed by atoms with van der Waals surface area (Å²) in [5, 5.41) is 18.3. The minimum Gasteiger partial charge on any atom is -0.504 e.